The number of methoxy groups -OCH3 is 1. The van der Waals surface area contributed by atoms with Crippen molar-refractivity contribution < 1.29 is 9.13 Å². The highest BCUT2D eigenvalue weighted by Gasteiger charge is 2.22. The predicted molar refractivity (Wildman–Crippen MR) is 117 cm³/mol. The van der Waals surface area contributed by atoms with Gasteiger partial charge in [-0.15, -0.1) is 0 Å². The molecule has 9 heteroatoms. The fourth-order valence-electron chi connectivity index (χ4n) is 3.48. The molecule has 0 aliphatic rings. The number of imidazole rings is 1. The summed E-state index contributed by atoms with van der Waals surface area (Å²) in [4.78, 5) is 15.7. The van der Waals surface area contributed by atoms with Crippen molar-refractivity contribution >= 4 is 40.2 Å². The van der Waals surface area contributed by atoms with Gasteiger partial charge in [0.05, 0.1) is 19.5 Å². The molecule has 0 fully saturated rings. The minimum atomic E-state index is -0.437. The molecule has 0 saturated carbocycles. The van der Waals surface area contributed by atoms with Crippen LogP contribution in [-0.2, 0) is 0 Å². The quantitative estimate of drug-likeness (QED) is 0.396. The van der Waals surface area contributed by atoms with Crippen molar-refractivity contribution in [3.63, 3.8) is 0 Å². The number of aromatic amines is 1. The number of nitrogens with zero attached hydrogens (tertiary/aromatic N) is 3. The lowest BCUT2D eigenvalue weighted by molar-refractivity contribution is 0.409. The maximum Gasteiger partial charge on any atom is 0.162 e. The number of fused-ring (bicyclic) bond motifs is 1. The molecule has 4 rings (SSSR count). The molecule has 0 spiro atoms. The van der Waals surface area contributed by atoms with Crippen LogP contribution in [0.3, 0.4) is 0 Å². The summed E-state index contributed by atoms with van der Waals surface area (Å²) in [6.07, 6.45) is 3.01. The van der Waals surface area contributed by atoms with Crippen LogP contribution in [0.15, 0.2) is 36.9 Å². The summed E-state index contributed by atoms with van der Waals surface area (Å²) in [7, 11) is 1.57. The number of hydrogen-bond acceptors (Lipinski definition) is 5. The van der Waals surface area contributed by atoms with Crippen LogP contribution in [0.4, 0.5) is 10.2 Å². The van der Waals surface area contributed by atoms with Crippen LogP contribution in [0.1, 0.15) is 24.1 Å². The Kier molecular flexibility index (Phi) is 5.49. The number of hydrogen-bond donors (Lipinski definition) is 2. The van der Waals surface area contributed by atoms with Crippen molar-refractivity contribution in [1.29, 1.82) is 0 Å². The molecule has 2 aromatic heterocycles. The van der Waals surface area contributed by atoms with Crippen molar-refractivity contribution in [2.24, 2.45) is 0 Å². The van der Waals surface area contributed by atoms with Gasteiger partial charge in [0, 0.05) is 21.2 Å². The fraction of sp³-hybridized carbons (Fsp3) is 0.190. The van der Waals surface area contributed by atoms with E-state index in [0.29, 0.717) is 43.9 Å². The summed E-state index contributed by atoms with van der Waals surface area (Å²) < 4.78 is 19.8. The minimum Gasteiger partial charge on any atom is -0.496 e. The summed E-state index contributed by atoms with van der Waals surface area (Å²) in [5.41, 5.74) is 4.07. The van der Waals surface area contributed by atoms with Crippen molar-refractivity contribution in [1.82, 2.24) is 19.9 Å². The topological polar surface area (TPSA) is 75.7 Å². The van der Waals surface area contributed by atoms with Gasteiger partial charge >= 0.3 is 0 Å². The maximum atomic E-state index is 14.1. The van der Waals surface area contributed by atoms with Gasteiger partial charge < -0.3 is 15.0 Å². The van der Waals surface area contributed by atoms with E-state index in [-0.39, 0.29) is 6.04 Å². The van der Waals surface area contributed by atoms with E-state index >= 15 is 0 Å². The lowest BCUT2D eigenvalue weighted by Crippen LogP contribution is -2.11. The molecule has 0 radical (unpaired) electrons. The lowest BCUT2D eigenvalue weighted by atomic mass is 9.93. The van der Waals surface area contributed by atoms with Gasteiger partial charge in [0.2, 0.25) is 0 Å². The molecule has 154 valence electrons. The normalized spacial score (nSPS) is 12.2. The summed E-state index contributed by atoms with van der Waals surface area (Å²) in [5, 5.41) is 4.16. The number of H-pyrrole nitrogens is 1. The average molecular weight is 446 g/mol. The first-order valence-electron chi connectivity index (χ1n) is 9.13. The Labute approximate surface area is 182 Å². The molecule has 2 aromatic carbocycles. The number of anilines is 1. The zero-order valence-corrected chi connectivity index (χ0v) is 17.9. The molecular formula is C21H18Cl2FN5O. The van der Waals surface area contributed by atoms with Crippen LogP contribution in [0, 0.1) is 12.7 Å². The van der Waals surface area contributed by atoms with Gasteiger partial charge in [-0.25, -0.2) is 19.3 Å². The zero-order chi connectivity index (χ0) is 21.4. The third-order valence-corrected chi connectivity index (χ3v) is 5.51. The maximum absolute atomic E-state index is 14.1. The Hall–Kier alpha value is -2.90. The number of ether oxygens (including phenoxy) is 1. The largest absolute Gasteiger partial charge is 0.496 e. The van der Waals surface area contributed by atoms with Crippen LogP contribution in [0.2, 0.25) is 10.0 Å². The third kappa shape index (κ3) is 3.66. The molecule has 2 heterocycles. The standard InChI is InChI=1S/C21H18Cl2FN5O/c1-10-16(23)7-15(11(2)29-21-18-20(26-8-25-18)27-9-28-21)19(30-3)17(10)12-4-13(22)6-14(24)5-12/h4-9,11H,1-3H3,(H2,25,26,27,28,29). The van der Waals surface area contributed by atoms with Crippen molar-refractivity contribution in [2.45, 2.75) is 19.9 Å². The predicted octanol–water partition coefficient (Wildman–Crippen LogP) is 5.96. The average Bonchev–Trinajstić information content (AvgIpc) is 3.18. The van der Waals surface area contributed by atoms with E-state index in [1.807, 2.05) is 19.9 Å². The van der Waals surface area contributed by atoms with E-state index in [0.717, 1.165) is 11.1 Å². The van der Waals surface area contributed by atoms with Crippen LogP contribution in [0.25, 0.3) is 22.3 Å². The fourth-order valence-corrected chi connectivity index (χ4v) is 3.92. The van der Waals surface area contributed by atoms with Crippen molar-refractivity contribution in [3.8, 4) is 16.9 Å². The Morgan fingerprint density at radius 1 is 1.13 bits per heavy atom. The van der Waals surface area contributed by atoms with Gasteiger partial charge in [0.25, 0.3) is 0 Å². The lowest BCUT2D eigenvalue weighted by Gasteiger charge is -2.23. The molecule has 0 amide bonds. The van der Waals surface area contributed by atoms with Crippen LogP contribution < -0.4 is 10.1 Å². The number of halogens is 3. The van der Waals surface area contributed by atoms with Gasteiger partial charge in [-0.05, 0) is 49.2 Å². The second kappa shape index (κ2) is 8.08. The van der Waals surface area contributed by atoms with E-state index in [1.54, 1.807) is 19.5 Å². The molecule has 4 aromatic rings. The molecular weight excluding hydrogens is 428 g/mol. The molecule has 0 saturated heterocycles. The summed E-state index contributed by atoms with van der Waals surface area (Å²) in [6.45, 7) is 3.81. The zero-order valence-electron chi connectivity index (χ0n) is 16.4. The van der Waals surface area contributed by atoms with Crippen molar-refractivity contribution in [3.05, 3.63) is 63.9 Å². The highest BCUT2D eigenvalue weighted by atomic mass is 35.5. The van der Waals surface area contributed by atoms with E-state index in [4.69, 9.17) is 27.9 Å². The minimum absolute atomic E-state index is 0.254. The highest BCUT2D eigenvalue weighted by Crippen LogP contribution is 2.43. The molecule has 30 heavy (non-hydrogen) atoms. The highest BCUT2D eigenvalue weighted by molar-refractivity contribution is 6.32. The van der Waals surface area contributed by atoms with Crippen LogP contribution in [-0.4, -0.2) is 27.0 Å². The molecule has 6 nitrogen and oxygen atoms in total. The van der Waals surface area contributed by atoms with Gasteiger partial charge in [-0.3, -0.25) is 0 Å². The molecule has 0 bridgehead atoms. The Balaban J connectivity index is 1.83. The summed E-state index contributed by atoms with van der Waals surface area (Å²) in [5.74, 6) is 0.710. The van der Waals surface area contributed by atoms with E-state index in [9.17, 15) is 4.39 Å². The van der Waals surface area contributed by atoms with E-state index in [1.165, 1.54) is 18.5 Å². The second-order valence-corrected chi connectivity index (χ2v) is 7.67. The second-order valence-electron chi connectivity index (χ2n) is 6.83. The number of aromatic nitrogens is 4. The first-order valence-corrected chi connectivity index (χ1v) is 9.88. The van der Waals surface area contributed by atoms with Gasteiger partial charge in [0.15, 0.2) is 11.5 Å². The summed E-state index contributed by atoms with van der Waals surface area (Å²) in [6, 6.07) is 5.93. The Morgan fingerprint density at radius 3 is 2.67 bits per heavy atom. The molecule has 1 unspecified atom stereocenters. The smallest absolute Gasteiger partial charge is 0.162 e. The van der Waals surface area contributed by atoms with E-state index < -0.39 is 5.82 Å². The Morgan fingerprint density at radius 2 is 1.93 bits per heavy atom. The van der Waals surface area contributed by atoms with Gasteiger partial charge in [-0.1, -0.05) is 23.2 Å². The molecule has 2 N–H and O–H groups in total. The van der Waals surface area contributed by atoms with Crippen LogP contribution >= 0.6 is 23.2 Å². The van der Waals surface area contributed by atoms with Crippen LogP contribution in [0.5, 0.6) is 5.75 Å². The first-order chi connectivity index (χ1) is 14.4. The number of benzene rings is 2. The summed E-state index contributed by atoms with van der Waals surface area (Å²) >= 11 is 12.6. The SMILES string of the molecule is COc1c(C(C)Nc2ncnc3[nH]cnc23)cc(Cl)c(C)c1-c1cc(F)cc(Cl)c1. The Bertz CT molecular complexity index is 1220. The number of rotatable bonds is 5. The molecule has 1 atom stereocenters. The number of nitrogens with one attached hydrogen (secondary N) is 2. The van der Waals surface area contributed by atoms with Crippen molar-refractivity contribution in [2.75, 3.05) is 12.4 Å². The molecule has 0 aliphatic carbocycles. The molecule has 0 aliphatic heterocycles. The monoisotopic (exact) mass is 445 g/mol. The third-order valence-electron chi connectivity index (χ3n) is 4.90. The van der Waals surface area contributed by atoms with Gasteiger partial charge in [-0.2, -0.15) is 0 Å². The van der Waals surface area contributed by atoms with Gasteiger partial charge in [0.1, 0.15) is 23.4 Å². The van der Waals surface area contributed by atoms with E-state index in [2.05, 4.69) is 25.3 Å². The first kappa shape index (κ1) is 20.4.